The number of nitrogens with zero attached hydrogens (tertiary/aromatic N) is 2. The molecule has 2 unspecified atom stereocenters. The summed E-state index contributed by atoms with van der Waals surface area (Å²) >= 11 is 0. The first kappa shape index (κ1) is 12.4. The van der Waals surface area contributed by atoms with Gasteiger partial charge in [0.15, 0.2) is 5.75 Å². The SMILES string of the molecule is CC1CC(NS(=O)(=O)CC#N)CCN1C. The van der Waals surface area contributed by atoms with Crippen molar-refractivity contribution in [2.75, 3.05) is 19.3 Å². The summed E-state index contributed by atoms with van der Waals surface area (Å²) in [4.78, 5) is 2.20. The molecule has 15 heavy (non-hydrogen) atoms. The monoisotopic (exact) mass is 231 g/mol. The molecule has 1 rings (SSSR count). The first-order valence-electron chi connectivity index (χ1n) is 5.02. The zero-order chi connectivity index (χ0) is 11.5. The molecule has 0 radical (unpaired) electrons. The van der Waals surface area contributed by atoms with Gasteiger partial charge in [-0.15, -0.1) is 0 Å². The summed E-state index contributed by atoms with van der Waals surface area (Å²) in [7, 11) is -1.37. The molecule has 0 aromatic heterocycles. The van der Waals surface area contributed by atoms with E-state index in [1.165, 1.54) is 0 Å². The molecule has 86 valence electrons. The molecule has 1 aliphatic heterocycles. The van der Waals surface area contributed by atoms with Crippen LogP contribution in [0.15, 0.2) is 0 Å². The predicted molar refractivity (Wildman–Crippen MR) is 57.6 cm³/mol. The Morgan fingerprint density at radius 1 is 1.60 bits per heavy atom. The van der Waals surface area contributed by atoms with Crippen molar-refractivity contribution in [2.45, 2.75) is 31.8 Å². The fraction of sp³-hybridized carbons (Fsp3) is 0.889. The van der Waals surface area contributed by atoms with Crippen molar-refractivity contribution in [3.63, 3.8) is 0 Å². The minimum Gasteiger partial charge on any atom is -0.304 e. The Kier molecular flexibility index (Phi) is 4.08. The molecule has 5 nitrogen and oxygen atoms in total. The number of nitriles is 1. The van der Waals surface area contributed by atoms with E-state index in [2.05, 4.69) is 16.5 Å². The molecule has 0 spiro atoms. The lowest BCUT2D eigenvalue weighted by atomic mass is 10.0. The van der Waals surface area contributed by atoms with Crippen LogP contribution >= 0.6 is 0 Å². The van der Waals surface area contributed by atoms with Gasteiger partial charge in [0.1, 0.15) is 0 Å². The van der Waals surface area contributed by atoms with Crippen LogP contribution in [0.3, 0.4) is 0 Å². The highest BCUT2D eigenvalue weighted by molar-refractivity contribution is 7.89. The van der Waals surface area contributed by atoms with Crippen LogP contribution in [0.25, 0.3) is 0 Å². The van der Waals surface area contributed by atoms with Gasteiger partial charge in [-0.1, -0.05) is 0 Å². The zero-order valence-electron chi connectivity index (χ0n) is 9.10. The Labute approximate surface area is 91.1 Å². The maximum atomic E-state index is 11.3. The van der Waals surface area contributed by atoms with Gasteiger partial charge >= 0.3 is 0 Å². The summed E-state index contributed by atoms with van der Waals surface area (Å²) < 4.78 is 25.2. The second kappa shape index (κ2) is 4.92. The molecular formula is C9H17N3O2S. The third-order valence-electron chi connectivity index (χ3n) is 2.81. The molecule has 2 atom stereocenters. The van der Waals surface area contributed by atoms with E-state index in [9.17, 15) is 8.42 Å². The topological polar surface area (TPSA) is 73.2 Å². The lowest BCUT2D eigenvalue weighted by molar-refractivity contribution is 0.178. The maximum absolute atomic E-state index is 11.3. The van der Waals surface area contributed by atoms with Crippen molar-refractivity contribution in [1.29, 1.82) is 5.26 Å². The van der Waals surface area contributed by atoms with Crippen LogP contribution in [0.1, 0.15) is 19.8 Å². The molecule has 0 saturated carbocycles. The molecule has 0 bridgehead atoms. The Bertz CT molecular complexity index is 347. The van der Waals surface area contributed by atoms with E-state index in [1.807, 2.05) is 7.05 Å². The minimum atomic E-state index is -3.40. The van der Waals surface area contributed by atoms with Gasteiger partial charge in [0, 0.05) is 12.1 Å². The van der Waals surface area contributed by atoms with Crippen molar-refractivity contribution in [1.82, 2.24) is 9.62 Å². The van der Waals surface area contributed by atoms with Gasteiger partial charge in [0.2, 0.25) is 10.0 Å². The van der Waals surface area contributed by atoms with Gasteiger partial charge in [-0.05, 0) is 33.4 Å². The quantitative estimate of drug-likeness (QED) is 0.737. The Morgan fingerprint density at radius 2 is 2.27 bits per heavy atom. The van der Waals surface area contributed by atoms with Crippen LogP contribution in [0.2, 0.25) is 0 Å². The second-order valence-corrected chi connectivity index (χ2v) is 5.84. The average molecular weight is 231 g/mol. The van der Waals surface area contributed by atoms with Gasteiger partial charge in [0.25, 0.3) is 0 Å². The lowest BCUT2D eigenvalue weighted by Gasteiger charge is -2.34. The summed E-state index contributed by atoms with van der Waals surface area (Å²) in [5.74, 6) is -0.451. The van der Waals surface area contributed by atoms with Crippen molar-refractivity contribution in [2.24, 2.45) is 0 Å². The van der Waals surface area contributed by atoms with Gasteiger partial charge in [-0.2, -0.15) is 5.26 Å². The fourth-order valence-corrected chi connectivity index (χ4v) is 2.75. The Balaban J connectivity index is 2.51. The molecule has 1 saturated heterocycles. The van der Waals surface area contributed by atoms with E-state index in [0.717, 1.165) is 19.4 Å². The van der Waals surface area contributed by atoms with E-state index in [4.69, 9.17) is 5.26 Å². The number of rotatable bonds is 3. The molecule has 1 fully saturated rings. The summed E-state index contributed by atoms with van der Waals surface area (Å²) in [5, 5.41) is 8.35. The molecule has 1 heterocycles. The number of hydrogen-bond acceptors (Lipinski definition) is 4. The van der Waals surface area contributed by atoms with E-state index >= 15 is 0 Å². The zero-order valence-corrected chi connectivity index (χ0v) is 9.92. The molecule has 0 aromatic carbocycles. The summed E-state index contributed by atoms with van der Waals surface area (Å²) in [5.41, 5.74) is 0. The van der Waals surface area contributed by atoms with E-state index in [0.29, 0.717) is 6.04 Å². The molecule has 1 aliphatic rings. The van der Waals surface area contributed by atoms with Crippen LogP contribution in [0.4, 0.5) is 0 Å². The highest BCUT2D eigenvalue weighted by Gasteiger charge is 2.25. The number of sulfonamides is 1. The maximum Gasteiger partial charge on any atom is 0.225 e. The Morgan fingerprint density at radius 3 is 2.80 bits per heavy atom. The molecule has 1 N–H and O–H groups in total. The third kappa shape index (κ3) is 3.78. The van der Waals surface area contributed by atoms with Gasteiger partial charge < -0.3 is 4.90 Å². The van der Waals surface area contributed by atoms with Crippen molar-refractivity contribution < 1.29 is 8.42 Å². The van der Waals surface area contributed by atoms with Crippen molar-refractivity contribution in [3.05, 3.63) is 0 Å². The molecule has 6 heteroatoms. The third-order valence-corrected chi connectivity index (χ3v) is 4.01. The largest absolute Gasteiger partial charge is 0.304 e. The molecular weight excluding hydrogens is 214 g/mol. The molecule has 0 aliphatic carbocycles. The van der Waals surface area contributed by atoms with Gasteiger partial charge in [-0.3, -0.25) is 0 Å². The van der Waals surface area contributed by atoms with Crippen molar-refractivity contribution >= 4 is 10.0 Å². The smallest absolute Gasteiger partial charge is 0.225 e. The minimum absolute atomic E-state index is 0.0189. The predicted octanol–water partition coefficient (Wildman–Crippen LogP) is -0.0879. The van der Waals surface area contributed by atoms with E-state index in [1.54, 1.807) is 6.07 Å². The average Bonchev–Trinajstić information content (AvgIpc) is 2.10. The van der Waals surface area contributed by atoms with E-state index < -0.39 is 15.8 Å². The van der Waals surface area contributed by atoms with Crippen LogP contribution in [0.5, 0.6) is 0 Å². The summed E-state index contributed by atoms with van der Waals surface area (Å²) in [6, 6.07) is 2.02. The standard InChI is InChI=1S/C9H17N3O2S/c1-8-7-9(3-5-12(8)2)11-15(13,14)6-4-10/h8-9,11H,3,5-7H2,1-2H3. The summed E-state index contributed by atoms with van der Waals surface area (Å²) in [6.07, 6.45) is 1.62. The molecule has 0 aromatic rings. The van der Waals surface area contributed by atoms with Gasteiger partial charge in [0.05, 0.1) is 6.07 Å². The lowest BCUT2D eigenvalue weighted by Crippen LogP contribution is -2.47. The van der Waals surface area contributed by atoms with Crippen LogP contribution in [-0.2, 0) is 10.0 Å². The first-order chi connectivity index (χ1) is 6.94. The highest BCUT2D eigenvalue weighted by Crippen LogP contribution is 2.15. The highest BCUT2D eigenvalue weighted by atomic mass is 32.2. The van der Waals surface area contributed by atoms with Crippen LogP contribution in [0, 0.1) is 11.3 Å². The Hall–Kier alpha value is -0.640. The normalized spacial score (nSPS) is 28.6. The number of hydrogen-bond donors (Lipinski definition) is 1. The fourth-order valence-electron chi connectivity index (χ4n) is 1.78. The van der Waals surface area contributed by atoms with Crippen molar-refractivity contribution in [3.8, 4) is 6.07 Å². The van der Waals surface area contributed by atoms with Gasteiger partial charge in [-0.25, -0.2) is 13.1 Å². The molecule has 0 amide bonds. The summed E-state index contributed by atoms with van der Waals surface area (Å²) in [6.45, 7) is 2.96. The first-order valence-corrected chi connectivity index (χ1v) is 6.67. The number of nitrogens with one attached hydrogen (secondary N) is 1. The second-order valence-electron chi connectivity index (χ2n) is 4.09. The van der Waals surface area contributed by atoms with Crippen LogP contribution in [-0.4, -0.2) is 44.7 Å². The van der Waals surface area contributed by atoms with E-state index in [-0.39, 0.29) is 6.04 Å². The number of likely N-dealkylation sites (tertiary alicyclic amines) is 1. The number of piperidine rings is 1. The van der Waals surface area contributed by atoms with Crippen LogP contribution < -0.4 is 4.72 Å².